The quantitative estimate of drug-likeness (QED) is 0.659. The summed E-state index contributed by atoms with van der Waals surface area (Å²) in [6.45, 7) is 8.58. The van der Waals surface area contributed by atoms with E-state index in [1.807, 2.05) is 5.38 Å². The van der Waals surface area contributed by atoms with Crippen LogP contribution in [-0.4, -0.2) is 13.2 Å². The van der Waals surface area contributed by atoms with E-state index in [1.54, 1.807) is 11.3 Å². The maximum Gasteiger partial charge on any atom is 0.0809 e. The molecule has 0 aliphatic rings. The topological polar surface area (TPSA) is 35.2 Å². The molecule has 1 aromatic rings. The van der Waals surface area contributed by atoms with E-state index in [1.165, 1.54) is 4.88 Å². The Kier molecular flexibility index (Phi) is 5.70. The first-order chi connectivity index (χ1) is 8.01. The molecule has 2 N–H and O–H groups in total. The standard InChI is InChI=1S/C14H21NOS/c1-14(2,3)6-8-16-10-13-9-12(11-17-13)5-4-7-15/h9,11H,6-8,10,15H2,1-3H3. The predicted molar refractivity (Wildman–Crippen MR) is 74.0 cm³/mol. The van der Waals surface area contributed by atoms with Crippen LogP contribution in [0.3, 0.4) is 0 Å². The van der Waals surface area contributed by atoms with E-state index in [0.29, 0.717) is 18.6 Å². The minimum absolute atomic E-state index is 0.340. The van der Waals surface area contributed by atoms with Crippen LogP contribution in [0.2, 0.25) is 0 Å². The van der Waals surface area contributed by atoms with Crippen molar-refractivity contribution in [3.05, 3.63) is 21.9 Å². The van der Waals surface area contributed by atoms with E-state index in [2.05, 4.69) is 38.7 Å². The van der Waals surface area contributed by atoms with Gasteiger partial charge in [0, 0.05) is 22.4 Å². The first-order valence-electron chi connectivity index (χ1n) is 5.85. The summed E-state index contributed by atoms with van der Waals surface area (Å²) in [4.78, 5) is 1.22. The maximum absolute atomic E-state index is 5.65. The van der Waals surface area contributed by atoms with Gasteiger partial charge < -0.3 is 10.5 Å². The van der Waals surface area contributed by atoms with Crippen molar-refractivity contribution in [1.82, 2.24) is 0 Å². The van der Waals surface area contributed by atoms with Crippen molar-refractivity contribution >= 4 is 11.3 Å². The first-order valence-corrected chi connectivity index (χ1v) is 6.73. The van der Waals surface area contributed by atoms with Gasteiger partial charge in [0.2, 0.25) is 0 Å². The molecule has 0 fully saturated rings. The third-order valence-electron chi connectivity index (χ3n) is 2.23. The number of nitrogens with two attached hydrogens (primary N) is 1. The van der Waals surface area contributed by atoms with Crippen molar-refractivity contribution in [3.8, 4) is 11.8 Å². The average Bonchev–Trinajstić information content (AvgIpc) is 2.68. The summed E-state index contributed by atoms with van der Waals surface area (Å²) in [6, 6.07) is 2.07. The molecule has 1 rings (SSSR count). The van der Waals surface area contributed by atoms with Gasteiger partial charge in [-0.2, -0.15) is 0 Å². The van der Waals surface area contributed by atoms with Gasteiger partial charge in [0.1, 0.15) is 0 Å². The highest BCUT2D eigenvalue weighted by Gasteiger charge is 2.09. The summed E-state index contributed by atoms with van der Waals surface area (Å²) in [5, 5.41) is 2.05. The largest absolute Gasteiger partial charge is 0.376 e. The van der Waals surface area contributed by atoms with Crippen LogP contribution >= 0.6 is 11.3 Å². The third-order valence-corrected chi connectivity index (χ3v) is 3.14. The van der Waals surface area contributed by atoms with Crippen LogP contribution in [0.1, 0.15) is 37.6 Å². The molecule has 0 radical (unpaired) electrons. The van der Waals surface area contributed by atoms with E-state index in [0.717, 1.165) is 18.6 Å². The lowest BCUT2D eigenvalue weighted by atomic mass is 9.93. The molecule has 1 heterocycles. The van der Waals surface area contributed by atoms with E-state index in [4.69, 9.17) is 10.5 Å². The maximum atomic E-state index is 5.65. The van der Waals surface area contributed by atoms with Gasteiger partial charge in [-0.05, 0) is 17.9 Å². The van der Waals surface area contributed by atoms with Gasteiger partial charge in [-0.25, -0.2) is 0 Å². The number of thiophene rings is 1. The van der Waals surface area contributed by atoms with Crippen molar-refractivity contribution in [1.29, 1.82) is 0 Å². The van der Waals surface area contributed by atoms with E-state index < -0.39 is 0 Å². The molecule has 0 saturated heterocycles. The number of hydrogen-bond acceptors (Lipinski definition) is 3. The van der Waals surface area contributed by atoms with E-state index >= 15 is 0 Å². The fourth-order valence-corrected chi connectivity index (χ4v) is 1.98. The summed E-state index contributed by atoms with van der Waals surface area (Å²) in [5.41, 5.74) is 6.70. The van der Waals surface area contributed by atoms with Crippen molar-refractivity contribution in [2.45, 2.75) is 33.8 Å². The van der Waals surface area contributed by atoms with Gasteiger partial charge in [0.25, 0.3) is 0 Å². The lowest BCUT2D eigenvalue weighted by Crippen LogP contribution is -2.09. The molecule has 2 nitrogen and oxygen atoms in total. The van der Waals surface area contributed by atoms with E-state index in [9.17, 15) is 0 Å². The molecule has 0 saturated carbocycles. The molecule has 0 aliphatic heterocycles. The molecule has 0 aromatic carbocycles. The van der Waals surface area contributed by atoms with Gasteiger partial charge in [-0.15, -0.1) is 11.3 Å². The molecule has 3 heteroatoms. The monoisotopic (exact) mass is 251 g/mol. The van der Waals surface area contributed by atoms with Gasteiger partial charge in [-0.3, -0.25) is 0 Å². The summed E-state index contributed by atoms with van der Waals surface area (Å²) in [7, 11) is 0. The average molecular weight is 251 g/mol. The van der Waals surface area contributed by atoms with Crippen LogP contribution in [0.15, 0.2) is 11.4 Å². The Balaban J connectivity index is 2.30. The Hall–Kier alpha value is -0.820. The highest BCUT2D eigenvalue weighted by atomic mass is 32.1. The predicted octanol–water partition coefficient (Wildman–Crippen LogP) is 3.01. The minimum atomic E-state index is 0.340. The Morgan fingerprint density at radius 1 is 1.41 bits per heavy atom. The number of rotatable bonds is 4. The molecule has 0 aliphatic carbocycles. The smallest absolute Gasteiger partial charge is 0.0809 e. The van der Waals surface area contributed by atoms with Gasteiger partial charge in [0.15, 0.2) is 0 Å². The fraction of sp³-hybridized carbons (Fsp3) is 0.571. The summed E-state index contributed by atoms with van der Waals surface area (Å²) in [6.07, 6.45) is 1.08. The van der Waals surface area contributed by atoms with Crippen LogP contribution in [-0.2, 0) is 11.3 Å². The number of ether oxygens (including phenoxy) is 1. The van der Waals surface area contributed by atoms with Crippen molar-refractivity contribution in [3.63, 3.8) is 0 Å². The zero-order valence-corrected chi connectivity index (χ0v) is 11.7. The highest BCUT2D eigenvalue weighted by molar-refractivity contribution is 7.10. The van der Waals surface area contributed by atoms with Gasteiger partial charge in [0.05, 0.1) is 13.2 Å². The Labute approximate surface area is 108 Å². The molecule has 0 bridgehead atoms. The minimum Gasteiger partial charge on any atom is -0.376 e. The van der Waals surface area contributed by atoms with Crippen LogP contribution in [0.4, 0.5) is 0 Å². The molecule has 0 spiro atoms. The van der Waals surface area contributed by atoms with E-state index in [-0.39, 0.29) is 0 Å². The summed E-state index contributed by atoms with van der Waals surface area (Å²) in [5.74, 6) is 5.87. The molecule has 17 heavy (non-hydrogen) atoms. The molecule has 94 valence electrons. The zero-order chi connectivity index (χ0) is 12.7. The lowest BCUT2D eigenvalue weighted by Gasteiger charge is -2.17. The Morgan fingerprint density at radius 2 is 2.18 bits per heavy atom. The van der Waals surface area contributed by atoms with Crippen LogP contribution in [0, 0.1) is 17.3 Å². The van der Waals surface area contributed by atoms with Crippen LogP contribution in [0.5, 0.6) is 0 Å². The zero-order valence-electron chi connectivity index (χ0n) is 10.9. The second kappa shape index (κ2) is 6.80. The van der Waals surface area contributed by atoms with Crippen molar-refractivity contribution in [2.75, 3.05) is 13.2 Å². The number of hydrogen-bond donors (Lipinski definition) is 1. The Bertz CT molecular complexity index is 392. The molecular formula is C14H21NOS. The second-order valence-electron chi connectivity index (χ2n) is 5.17. The fourth-order valence-electron chi connectivity index (χ4n) is 1.23. The van der Waals surface area contributed by atoms with Crippen molar-refractivity contribution in [2.24, 2.45) is 11.1 Å². The molecule has 0 amide bonds. The van der Waals surface area contributed by atoms with Crippen LogP contribution in [0.25, 0.3) is 0 Å². The Morgan fingerprint density at radius 3 is 2.82 bits per heavy atom. The SMILES string of the molecule is CC(C)(C)CCOCc1cc(C#CCN)cs1. The van der Waals surface area contributed by atoms with Gasteiger partial charge >= 0.3 is 0 Å². The van der Waals surface area contributed by atoms with Crippen LogP contribution < -0.4 is 5.73 Å². The lowest BCUT2D eigenvalue weighted by molar-refractivity contribution is 0.0980. The first kappa shape index (κ1) is 14.2. The normalized spacial score (nSPS) is 11.1. The van der Waals surface area contributed by atoms with Gasteiger partial charge in [-0.1, -0.05) is 32.6 Å². The van der Waals surface area contributed by atoms with Crippen molar-refractivity contribution < 1.29 is 4.74 Å². The second-order valence-corrected chi connectivity index (χ2v) is 6.17. The third kappa shape index (κ3) is 6.48. The molecule has 1 aromatic heterocycles. The molecule has 0 unspecified atom stereocenters. The highest BCUT2D eigenvalue weighted by Crippen LogP contribution is 2.19. The summed E-state index contributed by atoms with van der Waals surface area (Å²) < 4.78 is 5.65. The summed E-state index contributed by atoms with van der Waals surface area (Å²) >= 11 is 1.69. The molecular weight excluding hydrogens is 230 g/mol. The molecule has 0 atom stereocenters.